The first-order valence-corrected chi connectivity index (χ1v) is 8.22. The van der Waals surface area contributed by atoms with Gasteiger partial charge in [0.05, 0.1) is 18.0 Å². The lowest BCUT2D eigenvalue weighted by molar-refractivity contribution is -0.148. The molecule has 0 saturated heterocycles. The Balaban J connectivity index is 1.94. The number of hydrogen-bond donors (Lipinski definition) is 0. The third-order valence-corrected chi connectivity index (χ3v) is 4.36. The van der Waals surface area contributed by atoms with Crippen LogP contribution in [0.3, 0.4) is 0 Å². The van der Waals surface area contributed by atoms with Gasteiger partial charge in [-0.1, -0.05) is 36.9 Å². The Morgan fingerprint density at radius 1 is 1.29 bits per heavy atom. The lowest BCUT2D eigenvalue weighted by Crippen LogP contribution is -2.45. The van der Waals surface area contributed by atoms with Crippen molar-refractivity contribution in [1.29, 1.82) is 0 Å². The van der Waals surface area contributed by atoms with Crippen molar-refractivity contribution < 1.29 is 9.53 Å². The largest absolute Gasteiger partial charge is 0.464 e. The second kappa shape index (κ2) is 6.87. The van der Waals surface area contributed by atoms with Gasteiger partial charge in [0, 0.05) is 19.2 Å². The summed E-state index contributed by atoms with van der Waals surface area (Å²) in [7, 11) is 0. The van der Waals surface area contributed by atoms with E-state index in [9.17, 15) is 4.79 Å². The molecule has 0 radical (unpaired) electrons. The molecule has 0 spiro atoms. The fraction of sp³-hybridized carbons (Fsp3) is 0.300. The molecule has 4 heteroatoms. The molecule has 4 nitrogen and oxygen atoms in total. The van der Waals surface area contributed by atoms with E-state index in [2.05, 4.69) is 23.7 Å². The van der Waals surface area contributed by atoms with E-state index in [0.717, 1.165) is 17.0 Å². The van der Waals surface area contributed by atoms with Gasteiger partial charge < -0.3 is 9.64 Å². The predicted molar refractivity (Wildman–Crippen MR) is 94.1 cm³/mol. The highest BCUT2D eigenvalue weighted by atomic mass is 16.5. The predicted octanol–water partition coefficient (Wildman–Crippen LogP) is 3.35. The minimum absolute atomic E-state index is 0.208. The summed E-state index contributed by atoms with van der Waals surface area (Å²) in [5.74, 6) is -0.208. The van der Waals surface area contributed by atoms with Gasteiger partial charge in [-0.05, 0) is 36.6 Å². The molecule has 0 bridgehead atoms. The Labute approximate surface area is 142 Å². The van der Waals surface area contributed by atoms with E-state index in [1.54, 1.807) is 0 Å². The van der Waals surface area contributed by atoms with Crippen LogP contribution in [0, 0.1) is 6.92 Å². The number of ether oxygens (including phenoxy) is 1. The molecule has 0 N–H and O–H groups in total. The molecule has 24 heavy (non-hydrogen) atoms. The maximum atomic E-state index is 12.5. The van der Waals surface area contributed by atoms with Gasteiger partial charge in [0.25, 0.3) is 0 Å². The Bertz CT molecular complexity index is 752. The highest BCUT2D eigenvalue weighted by Gasteiger charge is 2.33. The Hall–Kier alpha value is -2.62. The average Bonchev–Trinajstić information content (AvgIpc) is 2.61. The van der Waals surface area contributed by atoms with Crippen molar-refractivity contribution in [3.8, 4) is 0 Å². The number of carbonyl (C=O) groups is 1. The van der Waals surface area contributed by atoms with Gasteiger partial charge >= 0.3 is 5.97 Å². The molecule has 1 aliphatic heterocycles. The second-order valence-corrected chi connectivity index (χ2v) is 6.04. The fourth-order valence-electron chi connectivity index (χ4n) is 3.04. The van der Waals surface area contributed by atoms with Crippen LogP contribution >= 0.6 is 0 Å². The molecular weight excluding hydrogens is 300 g/mol. The van der Waals surface area contributed by atoms with E-state index in [-0.39, 0.29) is 12.0 Å². The SMILES string of the molecule is C=C(c1ccc(C)cn1)N1Cc2ccccc2CC1C(=O)OCC. The van der Waals surface area contributed by atoms with E-state index in [4.69, 9.17) is 4.74 Å². The lowest BCUT2D eigenvalue weighted by Gasteiger charge is -2.37. The van der Waals surface area contributed by atoms with Crippen molar-refractivity contribution >= 4 is 11.7 Å². The molecule has 2 heterocycles. The van der Waals surface area contributed by atoms with Crippen molar-refractivity contribution in [1.82, 2.24) is 9.88 Å². The van der Waals surface area contributed by atoms with Gasteiger partial charge in [-0.15, -0.1) is 0 Å². The van der Waals surface area contributed by atoms with E-state index in [1.807, 2.05) is 49.2 Å². The Morgan fingerprint density at radius 3 is 2.71 bits per heavy atom. The molecule has 124 valence electrons. The third kappa shape index (κ3) is 3.18. The normalized spacial score (nSPS) is 16.4. The number of nitrogens with zero attached hydrogens (tertiary/aromatic N) is 2. The second-order valence-electron chi connectivity index (χ2n) is 6.04. The monoisotopic (exact) mass is 322 g/mol. The van der Waals surface area contributed by atoms with E-state index in [1.165, 1.54) is 11.1 Å². The number of aromatic nitrogens is 1. The summed E-state index contributed by atoms with van der Waals surface area (Å²) in [5, 5.41) is 0. The number of fused-ring (bicyclic) bond motifs is 1. The van der Waals surface area contributed by atoms with Crippen LogP contribution in [0.25, 0.3) is 5.70 Å². The zero-order chi connectivity index (χ0) is 17.1. The van der Waals surface area contributed by atoms with Crippen LogP contribution in [-0.4, -0.2) is 28.5 Å². The van der Waals surface area contributed by atoms with Gasteiger partial charge in [-0.25, -0.2) is 4.79 Å². The number of rotatable bonds is 4. The van der Waals surface area contributed by atoms with Crippen LogP contribution < -0.4 is 0 Å². The summed E-state index contributed by atoms with van der Waals surface area (Å²) in [6.45, 7) is 9.03. The number of esters is 1. The maximum Gasteiger partial charge on any atom is 0.329 e. The van der Waals surface area contributed by atoms with Crippen molar-refractivity contribution in [2.45, 2.75) is 32.9 Å². The van der Waals surface area contributed by atoms with Crippen LogP contribution in [0.5, 0.6) is 0 Å². The van der Waals surface area contributed by atoms with Crippen molar-refractivity contribution in [3.63, 3.8) is 0 Å². The third-order valence-electron chi connectivity index (χ3n) is 4.36. The lowest BCUT2D eigenvalue weighted by atomic mass is 9.93. The van der Waals surface area contributed by atoms with Crippen molar-refractivity contribution in [3.05, 3.63) is 71.6 Å². The summed E-state index contributed by atoms with van der Waals surface area (Å²) < 4.78 is 5.29. The van der Waals surface area contributed by atoms with Crippen LogP contribution in [0.1, 0.15) is 29.3 Å². The van der Waals surface area contributed by atoms with Gasteiger partial charge in [0.15, 0.2) is 0 Å². The summed E-state index contributed by atoms with van der Waals surface area (Å²) in [4.78, 5) is 19.0. The molecule has 0 aliphatic carbocycles. The fourth-order valence-corrected chi connectivity index (χ4v) is 3.04. The first-order chi connectivity index (χ1) is 11.6. The zero-order valence-corrected chi connectivity index (χ0v) is 14.2. The molecule has 0 saturated carbocycles. The van der Waals surface area contributed by atoms with Crippen LogP contribution in [0.2, 0.25) is 0 Å². The van der Waals surface area contributed by atoms with E-state index >= 15 is 0 Å². The quantitative estimate of drug-likeness (QED) is 0.810. The number of benzene rings is 1. The smallest absolute Gasteiger partial charge is 0.329 e. The van der Waals surface area contributed by atoms with Gasteiger partial charge in [-0.2, -0.15) is 0 Å². The maximum absolute atomic E-state index is 12.5. The van der Waals surface area contributed by atoms with Crippen LogP contribution in [0.15, 0.2) is 49.2 Å². The molecule has 0 fully saturated rings. The number of carbonyl (C=O) groups excluding carboxylic acids is 1. The first kappa shape index (κ1) is 16.2. The number of pyridine rings is 1. The summed E-state index contributed by atoms with van der Waals surface area (Å²) in [6, 6.07) is 11.8. The van der Waals surface area contributed by atoms with Gasteiger partial charge in [-0.3, -0.25) is 4.98 Å². The molecular formula is C20H22N2O2. The number of aryl methyl sites for hydroxylation is 1. The minimum atomic E-state index is -0.365. The van der Waals surface area contributed by atoms with Gasteiger partial charge in [0.1, 0.15) is 6.04 Å². The standard InChI is InChI=1S/C20H22N2O2/c1-4-24-20(23)19-11-16-7-5-6-8-17(16)13-22(19)15(3)18-10-9-14(2)12-21-18/h5-10,12,19H,3-4,11,13H2,1-2H3. The molecule has 1 unspecified atom stereocenters. The van der Waals surface area contributed by atoms with E-state index in [0.29, 0.717) is 19.6 Å². The molecule has 3 rings (SSSR count). The summed E-state index contributed by atoms with van der Waals surface area (Å²) in [5.41, 5.74) is 5.04. The molecule has 2 aromatic rings. The minimum Gasteiger partial charge on any atom is -0.464 e. The van der Waals surface area contributed by atoms with Crippen LogP contribution in [0.4, 0.5) is 0 Å². The van der Waals surface area contributed by atoms with Crippen molar-refractivity contribution in [2.24, 2.45) is 0 Å². The first-order valence-electron chi connectivity index (χ1n) is 8.22. The molecule has 1 atom stereocenters. The van der Waals surface area contributed by atoms with E-state index < -0.39 is 0 Å². The summed E-state index contributed by atoms with van der Waals surface area (Å²) in [6.07, 6.45) is 2.44. The van der Waals surface area contributed by atoms with Crippen LogP contribution in [-0.2, 0) is 22.5 Å². The molecule has 1 aliphatic rings. The molecule has 1 aromatic carbocycles. The highest BCUT2D eigenvalue weighted by molar-refractivity contribution is 5.79. The van der Waals surface area contributed by atoms with Crippen molar-refractivity contribution in [2.75, 3.05) is 6.61 Å². The zero-order valence-electron chi connectivity index (χ0n) is 14.2. The summed E-state index contributed by atoms with van der Waals surface area (Å²) >= 11 is 0. The Morgan fingerprint density at radius 2 is 2.04 bits per heavy atom. The number of hydrogen-bond acceptors (Lipinski definition) is 4. The molecule has 0 amide bonds. The Kier molecular flexibility index (Phi) is 4.65. The topological polar surface area (TPSA) is 42.4 Å². The average molecular weight is 322 g/mol. The molecule has 1 aromatic heterocycles. The van der Waals surface area contributed by atoms with Gasteiger partial charge in [0.2, 0.25) is 0 Å². The highest BCUT2D eigenvalue weighted by Crippen LogP contribution is 2.30.